The highest BCUT2D eigenvalue weighted by Gasteiger charge is 2.41. The lowest BCUT2D eigenvalue weighted by atomic mass is 10.1. The summed E-state index contributed by atoms with van der Waals surface area (Å²) in [5.41, 5.74) is -0.0167. The molecule has 3 rings (SSSR count). The maximum Gasteiger partial charge on any atom is 0.349 e. The lowest BCUT2D eigenvalue weighted by Crippen LogP contribution is -2.48. The Bertz CT molecular complexity index is 1300. The number of aliphatic carboxylic acids is 1. The number of amides is 1. The van der Waals surface area contributed by atoms with Gasteiger partial charge in [0.25, 0.3) is 5.91 Å². The van der Waals surface area contributed by atoms with Crippen molar-refractivity contribution in [3.8, 4) is 5.75 Å². The van der Waals surface area contributed by atoms with Gasteiger partial charge in [-0.05, 0) is 55.5 Å². The summed E-state index contributed by atoms with van der Waals surface area (Å²) in [5, 5.41) is 12.3. The van der Waals surface area contributed by atoms with E-state index < -0.39 is 36.0 Å². The highest BCUT2D eigenvalue weighted by atomic mass is 35.5. The van der Waals surface area contributed by atoms with Gasteiger partial charge >= 0.3 is 17.9 Å². The minimum absolute atomic E-state index is 0.0000837. The first-order chi connectivity index (χ1) is 17.7. The normalized spacial score (nSPS) is 12.1. The number of carbonyl (C=O) groups is 4. The van der Waals surface area contributed by atoms with E-state index >= 15 is 0 Å². The van der Waals surface area contributed by atoms with Gasteiger partial charge in [-0.3, -0.25) is 4.79 Å². The Balaban J connectivity index is 1.92. The van der Waals surface area contributed by atoms with Crippen LogP contribution >= 0.6 is 23.2 Å². The third kappa shape index (κ3) is 7.22. The zero-order chi connectivity index (χ0) is 26.9. The van der Waals surface area contributed by atoms with Crippen LogP contribution in [-0.4, -0.2) is 47.7 Å². The number of halogens is 2. The van der Waals surface area contributed by atoms with Crippen molar-refractivity contribution < 1.29 is 38.5 Å². The molecule has 0 radical (unpaired) electrons. The molecule has 0 fully saturated rings. The molecule has 3 aromatic carbocycles. The van der Waals surface area contributed by atoms with Crippen molar-refractivity contribution in [3.63, 3.8) is 0 Å². The number of esters is 2. The molecule has 37 heavy (non-hydrogen) atoms. The first-order valence-corrected chi connectivity index (χ1v) is 11.6. The van der Waals surface area contributed by atoms with E-state index in [2.05, 4.69) is 5.32 Å². The zero-order valence-corrected chi connectivity index (χ0v) is 20.9. The molecule has 0 saturated carbocycles. The third-order valence-corrected chi connectivity index (χ3v) is 5.52. The number of benzene rings is 3. The summed E-state index contributed by atoms with van der Waals surface area (Å²) in [6.07, 6.45) is -4.32. The van der Waals surface area contributed by atoms with Crippen LogP contribution in [0, 0.1) is 0 Å². The van der Waals surface area contributed by atoms with Crippen molar-refractivity contribution in [2.45, 2.75) is 19.1 Å². The number of nitrogens with one attached hydrogen (secondary N) is 1. The monoisotopic (exact) mass is 545 g/mol. The fraction of sp³-hybridized carbons (Fsp3) is 0.154. The molecule has 0 saturated heterocycles. The lowest BCUT2D eigenvalue weighted by Gasteiger charge is -2.24. The van der Waals surface area contributed by atoms with Gasteiger partial charge in [-0.15, -0.1) is 0 Å². The number of ether oxygens (including phenoxy) is 3. The van der Waals surface area contributed by atoms with E-state index in [-0.39, 0.29) is 26.9 Å². The Hall–Kier alpha value is -4.08. The summed E-state index contributed by atoms with van der Waals surface area (Å²) in [5.74, 6) is -4.49. The lowest BCUT2D eigenvalue weighted by molar-refractivity contribution is -0.157. The smallest absolute Gasteiger partial charge is 0.349 e. The SMILES string of the molecule is CCOc1ccc(NC(=O)[C@H](OC(=O)c2ccccc2Cl)[C@H](OC(=O)c2ccccc2Cl)C(=O)O)cc1. The molecule has 2 N–H and O–H groups in total. The molecule has 0 aliphatic carbocycles. The van der Waals surface area contributed by atoms with Crippen molar-refractivity contribution >= 4 is 52.7 Å². The van der Waals surface area contributed by atoms with Gasteiger partial charge in [0.1, 0.15) is 5.75 Å². The predicted octanol–water partition coefficient (Wildman–Crippen LogP) is 4.87. The van der Waals surface area contributed by atoms with Gasteiger partial charge < -0.3 is 24.6 Å². The molecule has 0 unspecified atom stereocenters. The van der Waals surface area contributed by atoms with Crippen molar-refractivity contribution in [1.82, 2.24) is 0 Å². The van der Waals surface area contributed by atoms with E-state index in [1.165, 1.54) is 48.5 Å². The van der Waals surface area contributed by atoms with Crippen LogP contribution in [0.3, 0.4) is 0 Å². The van der Waals surface area contributed by atoms with Crippen molar-refractivity contribution in [3.05, 3.63) is 94.0 Å². The summed E-state index contributed by atoms with van der Waals surface area (Å²) in [7, 11) is 0. The van der Waals surface area contributed by atoms with Gasteiger partial charge in [0.15, 0.2) is 0 Å². The van der Waals surface area contributed by atoms with Crippen molar-refractivity contribution in [2.75, 3.05) is 11.9 Å². The number of hydrogen-bond acceptors (Lipinski definition) is 7. The fourth-order valence-corrected chi connectivity index (χ4v) is 3.55. The molecular weight excluding hydrogens is 525 g/mol. The van der Waals surface area contributed by atoms with Crippen molar-refractivity contribution in [2.24, 2.45) is 0 Å². The van der Waals surface area contributed by atoms with Crippen LogP contribution in [-0.2, 0) is 19.1 Å². The second-order valence-corrected chi connectivity index (χ2v) is 8.21. The number of hydrogen-bond donors (Lipinski definition) is 2. The molecule has 0 heterocycles. The van der Waals surface area contributed by atoms with E-state index in [9.17, 15) is 24.3 Å². The summed E-state index contributed by atoms with van der Waals surface area (Å²) >= 11 is 12.1. The minimum Gasteiger partial charge on any atom is -0.494 e. The highest BCUT2D eigenvalue weighted by molar-refractivity contribution is 6.34. The van der Waals surface area contributed by atoms with E-state index in [1.807, 2.05) is 6.92 Å². The molecule has 0 aliphatic rings. The second kappa shape index (κ2) is 12.8. The molecule has 11 heteroatoms. The Labute approximate surface area is 221 Å². The van der Waals surface area contributed by atoms with Crippen LogP contribution in [0.4, 0.5) is 5.69 Å². The Morgan fingerprint density at radius 1 is 0.784 bits per heavy atom. The van der Waals surface area contributed by atoms with E-state index in [4.69, 9.17) is 37.4 Å². The third-order valence-electron chi connectivity index (χ3n) is 4.87. The van der Waals surface area contributed by atoms with Crippen LogP contribution < -0.4 is 10.1 Å². The molecule has 3 aromatic rings. The average molecular weight is 546 g/mol. The van der Waals surface area contributed by atoms with Gasteiger partial charge in [0, 0.05) is 5.69 Å². The molecule has 0 aromatic heterocycles. The molecule has 192 valence electrons. The van der Waals surface area contributed by atoms with E-state index in [0.717, 1.165) is 0 Å². The van der Waals surface area contributed by atoms with Crippen LogP contribution in [0.1, 0.15) is 27.6 Å². The molecule has 0 spiro atoms. The fourth-order valence-electron chi connectivity index (χ4n) is 3.12. The standard InChI is InChI=1S/C26H21Cl2NO8/c1-2-35-16-13-11-15(12-14-16)29-23(30)21(36-25(33)17-7-3-5-9-19(17)27)22(24(31)32)37-26(34)18-8-4-6-10-20(18)28/h3-14,21-22H,2H2,1H3,(H,29,30)(H,31,32)/t21-,22+/m1/s1. The van der Waals surface area contributed by atoms with Gasteiger partial charge in [-0.25, -0.2) is 14.4 Å². The van der Waals surface area contributed by atoms with Crippen LogP contribution in [0.15, 0.2) is 72.8 Å². The molecule has 1 amide bonds. The highest BCUT2D eigenvalue weighted by Crippen LogP contribution is 2.22. The molecule has 0 bridgehead atoms. The van der Waals surface area contributed by atoms with Gasteiger partial charge in [-0.1, -0.05) is 47.5 Å². The molecule has 2 atom stereocenters. The number of anilines is 1. The van der Waals surface area contributed by atoms with Gasteiger partial charge in [0.05, 0.1) is 27.8 Å². The summed E-state index contributed by atoms with van der Waals surface area (Å²) in [6, 6.07) is 17.8. The van der Waals surface area contributed by atoms with Crippen LogP contribution in [0.5, 0.6) is 5.75 Å². The number of carboxylic acids is 1. The molecule has 0 aliphatic heterocycles. The summed E-state index contributed by atoms with van der Waals surface area (Å²) < 4.78 is 15.7. The maximum atomic E-state index is 13.2. The molecular formula is C26H21Cl2NO8. The summed E-state index contributed by atoms with van der Waals surface area (Å²) in [6.45, 7) is 2.24. The Morgan fingerprint density at radius 2 is 1.27 bits per heavy atom. The van der Waals surface area contributed by atoms with Crippen LogP contribution in [0.2, 0.25) is 10.0 Å². The zero-order valence-electron chi connectivity index (χ0n) is 19.4. The second-order valence-electron chi connectivity index (χ2n) is 7.40. The quantitative estimate of drug-likeness (QED) is 0.345. The number of rotatable bonds is 10. The van der Waals surface area contributed by atoms with Crippen LogP contribution in [0.25, 0.3) is 0 Å². The van der Waals surface area contributed by atoms with Gasteiger partial charge in [-0.2, -0.15) is 0 Å². The van der Waals surface area contributed by atoms with Gasteiger partial charge in [0.2, 0.25) is 12.2 Å². The largest absolute Gasteiger partial charge is 0.494 e. The van der Waals surface area contributed by atoms with E-state index in [0.29, 0.717) is 12.4 Å². The first-order valence-electron chi connectivity index (χ1n) is 10.9. The number of carboxylic acid groups (broad SMARTS) is 1. The molecule has 9 nitrogen and oxygen atoms in total. The number of carbonyl (C=O) groups excluding carboxylic acids is 3. The van der Waals surface area contributed by atoms with E-state index in [1.54, 1.807) is 24.3 Å². The Morgan fingerprint density at radius 3 is 1.73 bits per heavy atom. The predicted molar refractivity (Wildman–Crippen MR) is 135 cm³/mol. The first kappa shape index (κ1) is 27.5. The minimum atomic E-state index is -2.22. The topological polar surface area (TPSA) is 128 Å². The maximum absolute atomic E-state index is 13.2. The summed E-state index contributed by atoms with van der Waals surface area (Å²) in [4.78, 5) is 50.8. The Kier molecular flexibility index (Phi) is 9.48. The average Bonchev–Trinajstić information content (AvgIpc) is 2.87. The van der Waals surface area contributed by atoms with Crippen molar-refractivity contribution in [1.29, 1.82) is 0 Å².